The van der Waals surface area contributed by atoms with Crippen LogP contribution in [0.5, 0.6) is 0 Å². The first-order valence-electron chi connectivity index (χ1n) is 6.92. The van der Waals surface area contributed by atoms with Crippen LogP contribution in [0.25, 0.3) is 0 Å². The number of rotatable bonds is 8. The third-order valence-electron chi connectivity index (χ3n) is 3.38. The van der Waals surface area contributed by atoms with E-state index in [1.165, 1.54) is 0 Å². The number of carbonyl (C=O) groups is 1. The maximum Gasteiger partial charge on any atom is 0.225 e. The van der Waals surface area contributed by atoms with Crippen molar-refractivity contribution in [2.75, 3.05) is 36.7 Å². The van der Waals surface area contributed by atoms with E-state index in [9.17, 15) is 4.79 Å². The van der Waals surface area contributed by atoms with E-state index in [2.05, 4.69) is 30.4 Å². The van der Waals surface area contributed by atoms with E-state index in [-0.39, 0.29) is 5.91 Å². The topological polar surface area (TPSA) is 58.4 Å². The van der Waals surface area contributed by atoms with Crippen molar-refractivity contribution < 1.29 is 4.79 Å². The van der Waals surface area contributed by atoms with Crippen molar-refractivity contribution in [1.29, 1.82) is 0 Å². The second-order valence-electron chi connectivity index (χ2n) is 4.88. The summed E-state index contributed by atoms with van der Waals surface area (Å²) < 4.78 is 0. The quantitative estimate of drug-likeness (QED) is 0.724. The van der Waals surface area contributed by atoms with Crippen LogP contribution in [0.1, 0.15) is 19.8 Å². The fourth-order valence-corrected chi connectivity index (χ4v) is 2.91. The SMILES string of the molecule is CCC(CSC)N(C)CCC(=O)Nc1ccccc1N. The van der Waals surface area contributed by atoms with Gasteiger partial charge >= 0.3 is 0 Å². The van der Waals surface area contributed by atoms with Crippen LogP contribution in [-0.4, -0.2) is 42.4 Å². The largest absolute Gasteiger partial charge is 0.397 e. The van der Waals surface area contributed by atoms with Gasteiger partial charge in [-0.15, -0.1) is 0 Å². The number of para-hydroxylation sites is 2. The third kappa shape index (κ3) is 5.43. The molecule has 1 unspecified atom stereocenters. The van der Waals surface area contributed by atoms with Gasteiger partial charge < -0.3 is 16.0 Å². The molecule has 0 aromatic heterocycles. The van der Waals surface area contributed by atoms with Crippen LogP contribution in [0, 0.1) is 0 Å². The lowest BCUT2D eigenvalue weighted by molar-refractivity contribution is -0.116. The molecule has 0 bridgehead atoms. The number of benzene rings is 1. The van der Waals surface area contributed by atoms with Gasteiger partial charge in [0.15, 0.2) is 0 Å². The number of amides is 1. The zero-order chi connectivity index (χ0) is 15.0. The summed E-state index contributed by atoms with van der Waals surface area (Å²) in [5.41, 5.74) is 7.10. The molecule has 0 saturated heterocycles. The van der Waals surface area contributed by atoms with Crippen LogP contribution in [-0.2, 0) is 4.79 Å². The van der Waals surface area contributed by atoms with Gasteiger partial charge in [0, 0.05) is 24.8 Å². The van der Waals surface area contributed by atoms with Crippen molar-refractivity contribution in [1.82, 2.24) is 4.90 Å². The Morgan fingerprint density at radius 1 is 1.45 bits per heavy atom. The van der Waals surface area contributed by atoms with Crippen molar-refractivity contribution in [3.63, 3.8) is 0 Å². The number of nitrogens with zero attached hydrogens (tertiary/aromatic N) is 1. The summed E-state index contributed by atoms with van der Waals surface area (Å²) in [5, 5.41) is 2.86. The molecule has 0 aliphatic rings. The molecule has 5 heteroatoms. The zero-order valence-electron chi connectivity index (χ0n) is 12.6. The minimum Gasteiger partial charge on any atom is -0.397 e. The first-order chi connectivity index (χ1) is 9.58. The van der Waals surface area contributed by atoms with Crippen LogP contribution < -0.4 is 11.1 Å². The van der Waals surface area contributed by atoms with Gasteiger partial charge in [0.1, 0.15) is 0 Å². The summed E-state index contributed by atoms with van der Waals surface area (Å²) >= 11 is 1.84. The highest BCUT2D eigenvalue weighted by Gasteiger charge is 2.13. The lowest BCUT2D eigenvalue weighted by atomic mass is 10.2. The Bertz CT molecular complexity index is 425. The highest BCUT2D eigenvalue weighted by molar-refractivity contribution is 7.98. The molecule has 0 aliphatic carbocycles. The molecular weight excluding hydrogens is 270 g/mol. The molecule has 1 aromatic carbocycles. The maximum absolute atomic E-state index is 11.9. The van der Waals surface area contributed by atoms with E-state index in [1.807, 2.05) is 30.0 Å². The summed E-state index contributed by atoms with van der Waals surface area (Å²) in [6.45, 7) is 2.94. The van der Waals surface area contributed by atoms with Gasteiger partial charge in [-0.05, 0) is 31.9 Å². The Kier molecular flexibility index (Phi) is 7.47. The number of nitrogen functional groups attached to an aromatic ring is 1. The predicted octanol–water partition coefficient (Wildman–Crippen LogP) is 2.67. The summed E-state index contributed by atoms with van der Waals surface area (Å²) in [7, 11) is 2.08. The highest BCUT2D eigenvalue weighted by Crippen LogP contribution is 2.17. The van der Waals surface area contributed by atoms with E-state index in [0.29, 0.717) is 23.8 Å². The van der Waals surface area contributed by atoms with Gasteiger partial charge in [-0.3, -0.25) is 4.79 Å². The minimum atomic E-state index is 0.00811. The summed E-state index contributed by atoms with van der Waals surface area (Å²) in [6, 6.07) is 7.85. The van der Waals surface area contributed by atoms with Crippen LogP contribution in [0.4, 0.5) is 11.4 Å². The average molecular weight is 295 g/mol. The molecule has 0 heterocycles. The fourth-order valence-electron chi connectivity index (χ4n) is 2.03. The minimum absolute atomic E-state index is 0.00811. The molecule has 0 fully saturated rings. The van der Waals surface area contributed by atoms with Gasteiger partial charge in [0.05, 0.1) is 11.4 Å². The van der Waals surface area contributed by atoms with Crippen LogP contribution in [0.2, 0.25) is 0 Å². The summed E-state index contributed by atoms with van der Waals surface area (Å²) in [6.07, 6.45) is 3.70. The van der Waals surface area contributed by atoms with Gasteiger partial charge in [0.2, 0.25) is 5.91 Å². The number of hydrogen-bond donors (Lipinski definition) is 2. The standard InChI is InChI=1S/C15H25N3OS/c1-4-12(11-20-3)18(2)10-9-15(19)17-14-8-6-5-7-13(14)16/h5-8,12H,4,9-11,16H2,1-3H3,(H,17,19). The Morgan fingerprint density at radius 3 is 2.75 bits per heavy atom. The van der Waals surface area contributed by atoms with Gasteiger partial charge in [-0.25, -0.2) is 0 Å². The summed E-state index contributed by atoms with van der Waals surface area (Å²) in [5.74, 6) is 1.11. The van der Waals surface area contributed by atoms with E-state index in [4.69, 9.17) is 5.73 Å². The molecule has 3 N–H and O–H groups in total. The Hall–Kier alpha value is -1.20. The lowest BCUT2D eigenvalue weighted by Gasteiger charge is -2.26. The van der Waals surface area contributed by atoms with Crippen molar-refractivity contribution >= 4 is 29.0 Å². The third-order valence-corrected chi connectivity index (χ3v) is 4.10. The normalized spacial score (nSPS) is 12.4. The molecule has 0 aliphatic heterocycles. The molecule has 4 nitrogen and oxygen atoms in total. The molecule has 1 amide bonds. The van der Waals surface area contributed by atoms with Crippen molar-refractivity contribution in [3.8, 4) is 0 Å². The van der Waals surface area contributed by atoms with E-state index < -0.39 is 0 Å². The van der Waals surface area contributed by atoms with E-state index >= 15 is 0 Å². The van der Waals surface area contributed by atoms with Crippen molar-refractivity contribution in [3.05, 3.63) is 24.3 Å². The van der Waals surface area contributed by atoms with Crippen LogP contribution >= 0.6 is 11.8 Å². The molecular formula is C15H25N3OS. The average Bonchev–Trinajstić information content (AvgIpc) is 2.44. The maximum atomic E-state index is 11.9. The second-order valence-corrected chi connectivity index (χ2v) is 5.79. The molecule has 1 rings (SSSR count). The Morgan fingerprint density at radius 2 is 2.15 bits per heavy atom. The number of thioether (sulfide) groups is 1. The lowest BCUT2D eigenvalue weighted by Crippen LogP contribution is -2.35. The fraction of sp³-hybridized carbons (Fsp3) is 0.533. The number of nitrogens with one attached hydrogen (secondary N) is 1. The smallest absolute Gasteiger partial charge is 0.225 e. The van der Waals surface area contributed by atoms with Crippen molar-refractivity contribution in [2.45, 2.75) is 25.8 Å². The van der Waals surface area contributed by atoms with E-state index in [1.54, 1.807) is 6.07 Å². The van der Waals surface area contributed by atoms with Gasteiger partial charge in [-0.2, -0.15) is 11.8 Å². The molecule has 0 spiro atoms. The molecule has 112 valence electrons. The number of nitrogens with two attached hydrogens (primary N) is 1. The first kappa shape index (κ1) is 16.9. The van der Waals surface area contributed by atoms with Crippen LogP contribution in [0.15, 0.2) is 24.3 Å². The second kappa shape index (κ2) is 8.87. The van der Waals surface area contributed by atoms with Gasteiger partial charge in [-0.1, -0.05) is 19.1 Å². The number of hydrogen-bond acceptors (Lipinski definition) is 4. The van der Waals surface area contributed by atoms with Crippen LogP contribution in [0.3, 0.4) is 0 Å². The Labute approximate surface area is 126 Å². The first-order valence-corrected chi connectivity index (χ1v) is 8.31. The molecule has 20 heavy (non-hydrogen) atoms. The molecule has 0 radical (unpaired) electrons. The molecule has 1 aromatic rings. The monoisotopic (exact) mass is 295 g/mol. The Balaban J connectivity index is 2.41. The zero-order valence-corrected chi connectivity index (χ0v) is 13.4. The van der Waals surface area contributed by atoms with E-state index in [0.717, 1.165) is 18.7 Å². The highest BCUT2D eigenvalue weighted by atomic mass is 32.2. The molecule has 1 atom stereocenters. The predicted molar refractivity (Wildman–Crippen MR) is 89.2 cm³/mol. The van der Waals surface area contributed by atoms with Crippen molar-refractivity contribution in [2.24, 2.45) is 0 Å². The number of carbonyl (C=O) groups excluding carboxylic acids is 1. The van der Waals surface area contributed by atoms with Gasteiger partial charge in [0.25, 0.3) is 0 Å². The summed E-state index contributed by atoms with van der Waals surface area (Å²) in [4.78, 5) is 14.2. The number of anilines is 2. The molecule has 0 saturated carbocycles.